The summed E-state index contributed by atoms with van der Waals surface area (Å²) in [6.07, 6.45) is 5.14. The van der Waals surface area contributed by atoms with E-state index in [1.165, 1.54) is 31.2 Å². The highest BCUT2D eigenvalue weighted by Gasteiger charge is 2.41. The molecule has 2 saturated carbocycles. The van der Waals surface area contributed by atoms with Crippen LogP contribution in [0, 0.1) is 11.8 Å². The van der Waals surface area contributed by atoms with Crippen molar-refractivity contribution in [2.24, 2.45) is 11.8 Å². The average Bonchev–Trinajstić information content (AvgIpc) is 3.36. The molecule has 1 unspecified atom stereocenters. The van der Waals surface area contributed by atoms with Gasteiger partial charge in [-0.3, -0.25) is 5.32 Å². The van der Waals surface area contributed by atoms with E-state index in [1.807, 2.05) is 32.9 Å². The van der Waals surface area contributed by atoms with Crippen LogP contribution in [-0.2, 0) is 4.74 Å². The molecule has 1 aromatic rings. The molecule has 2 aliphatic rings. The second kappa shape index (κ2) is 6.75. The first-order valence-corrected chi connectivity index (χ1v) is 9.18. The lowest BCUT2D eigenvalue weighted by atomic mass is 10.0. The fraction of sp³-hybridized carbons (Fsp3) is 0.650. The summed E-state index contributed by atoms with van der Waals surface area (Å²) in [6, 6.07) is 9.09. The van der Waals surface area contributed by atoms with Crippen LogP contribution in [0.1, 0.15) is 65.0 Å². The van der Waals surface area contributed by atoms with E-state index >= 15 is 0 Å². The summed E-state index contributed by atoms with van der Waals surface area (Å²) in [5, 5.41) is 6.62. The summed E-state index contributed by atoms with van der Waals surface area (Å²) in [4.78, 5) is 11.8. The van der Waals surface area contributed by atoms with E-state index in [-0.39, 0.29) is 0 Å². The smallest absolute Gasteiger partial charge is 0.412 e. The van der Waals surface area contributed by atoms with E-state index in [0.29, 0.717) is 12.1 Å². The number of rotatable bonds is 6. The van der Waals surface area contributed by atoms with Gasteiger partial charge in [-0.1, -0.05) is 12.1 Å². The largest absolute Gasteiger partial charge is 0.444 e. The highest BCUT2D eigenvalue weighted by molar-refractivity contribution is 5.84. The third kappa shape index (κ3) is 4.97. The van der Waals surface area contributed by atoms with Crippen LogP contribution in [0.2, 0.25) is 0 Å². The average molecular weight is 330 g/mol. The number of nitrogens with one attached hydrogen (secondary N) is 2. The molecule has 24 heavy (non-hydrogen) atoms. The van der Waals surface area contributed by atoms with Gasteiger partial charge in [0, 0.05) is 17.8 Å². The molecule has 0 aromatic heterocycles. The predicted octanol–water partition coefficient (Wildman–Crippen LogP) is 4.87. The molecule has 2 N–H and O–H groups in total. The Morgan fingerprint density at radius 2 is 1.62 bits per heavy atom. The first-order chi connectivity index (χ1) is 11.3. The van der Waals surface area contributed by atoms with E-state index in [9.17, 15) is 4.79 Å². The molecule has 4 nitrogen and oxygen atoms in total. The van der Waals surface area contributed by atoms with Crippen molar-refractivity contribution in [2.75, 3.05) is 5.32 Å². The number of carbonyl (C=O) groups excluding carboxylic acids is 1. The minimum Gasteiger partial charge on any atom is -0.444 e. The summed E-state index contributed by atoms with van der Waals surface area (Å²) in [5.74, 6) is 1.79. The van der Waals surface area contributed by atoms with Crippen LogP contribution >= 0.6 is 0 Å². The van der Waals surface area contributed by atoms with Crippen LogP contribution in [0.4, 0.5) is 10.5 Å². The van der Waals surface area contributed by atoms with Gasteiger partial charge in [-0.25, -0.2) is 4.79 Å². The second-order valence-corrected chi connectivity index (χ2v) is 8.34. The van der Waals surface area contributed by atoms with Crippen molar-refractivity contribution in [1.29, 1.82) is 0 Å². The molecular weight excluding hydrogens is 300 g/mol. The lowest BCUT2D eigenvalue weighted by Crippen LogP contribution is -2.35. The molecule has 0 radical (unpaired) electrons. The Hall–Kier alpha value is -1.55. The number of hydrogen-bond acceptors (Lipinski definition) is 3. The van der Waals surface area contributed by atoms with Crippen molar-refractivity contribution in [2.45, 2.75) is 71.1 Å². The first kappa shape index (κ1) is 17.3. The normalized spacial score (nSPS) is 19.2. The van der Waals surface area contributed by atoms with Crippen molar-refractivity contribution in [3.05, 3.63) is 29.8 Å². The van der Waals surface area contributed by atoms with Crippen molar-refractivity contribution >= 4 is 11.8 Å². The number of anilines is 1. The zero-order valence-corrected chi connectivity index (χ0v) is 15.3. The summed E-state index contributed by atoms with van der Waals surface area (Å²) >= 11 is 0. The standard InChI is InChI=1S/C20H30N2O2/c1-13(21-18(15-5-6-15)16-7-8-16)14-9-11-17(12-10-14)22-19(23)24-20(2,3)4/h9-13,15-16,18,21H,5-8H2,1-4H3,(H,22,23). The minimum atomic E-state index is -0.483. The fourth-order valence-corrected chi connectivity index (χ4v) is 3.23. The molecule has 1 amide bonds. The second-order valence-electron chi connectivity index (χ2n) is 8.34. The van der Waals surface area contributed by atoms with Crippen LogP contribution in [0.3, 0.4) is 0 Å². The topological polar surface area (TPSA) is 50.4 Å². The van der Waals surface area contributed by atoms with E-state index < -0.39 is 11.7 Å². The van der Waals surface area contributed by atoms with Crippen molar-refractivity contribution < 1.29 is 9.53 Å². The number of amides is 1. The Balaban J connectivity index is 1.54. The molecular formula is C20H30N2O2. The zero-order valence-electron chi connectivity index (χ0n) is 15.3. The van der Waals surface area contributed by atoms with Gasteiger partial charge in [0.1, 0.15) is 5.60 Å². The third-order valence-corrected chi connectivity index (χ3v) is 4.76. The molecule has 4 heteroatoms. The lowest BCUT2D eigenvalue weighted by Gasteiger charge is -2.24. The quantitative estimate of drug-likeness (QED) is 0.782. The molecule has 0 spiro atoms. The van der Waals surface area contributed by atoms with Crippen molar-refractivity contribution in [1.82, 2.24) is 5.32 Å². The van der Waals surface area contributed by atoms with Gasteiger partial charge >= 0.3 is 6.09 Å². The van der Waals surface area contributed by atoms with Gasteiger partial charge in [-0.05, 0) is 82.9 Å². The predicted molar refractivity (Wildman–Crippen MR) is 97.1 cm³/mol. The Bertz CT molecular complexity index is 556. The Labute approximate surface area is 145 Å². The number of carbonyl (C=O) groups is 1. The van der Waals surface area contributed by atoms with Crippen LogP contribution in [0.5, 0.6) is 0 Å². The fourth-order valence-electron chi connectivity index (χ4n) is 3.23. The summed E-state index contributed by atoms with van der Waals surface area (Å²) in [5.41, 5.74) is 1.54. The molecule has 132 valence electrons. The molecule has 1 atom stereocenters. The van der Waals surface area contributed by atoms with E-state index in [2.05, 4.69) is 29.7 Å². The van der Waals surface area contributed by atoms with E-state index in [1.54, 1.807) is 0 Å². The van der Waals surface area contributed by atoms with Crippen LogP contribution < -0.4 is 10.6 Å². The molecule has 0 aliphatic heterocycles. The maximum absolute atomic E-state index is 11.8. The monoisotopic (exact) mass is 330 g/mol. The van der Waals surface area contributed by atoms with Crippen LogP contribution in [0.25, 0.3) is 0 Å². The van der Waals surface area contributed by atoms with E-state index in [4.69, 9.17) is 4.74 Å². The number of ether oxygens (including phenoxy) is 1. The SMILES string of the molecule is CC(NC(C1CC1)C1CC1)c1ccc(NC(=O)OC(C)(C)C)cc1. The summed E-state index contributed by atoms with van der Waals surface area (Å²) < 4.78 is 5.28. The molecule has 0 heterocycles. The minimum absolute atomic E-state index is 0.340. The van der Waals surface area contributed by atoms with Crippen molar-refractivity contribution in [3.63, 3.8) is 0 Å². The summed E-state index contributed by atoms with van der Waals surface area (Å²) in [6.45, 7) is 7.81. The summed E-state index contributed by atoms with van der Waals surface area (Å²) in [7, 11) is 0. The van der Waals surface area contributed by atoms with Gasteiger partial charge < -0.3 is 10.1 Å². The molecule has 0 bridgehead atoms. The first-order valence-electron chi connectivity index (χ1n) is 9.18. The molecule has 2 fully saturated rings. The van der Waals surface area contributed by atoms with Gasteiger partial charge in [0.15, 0.2) is 0 Å². The van der Waals surface area contributed by atoms with Crippen LogP contribution in [0.15, 0.2) is 24.3 Å². The maximum atomic E-state index is 11.8. The third-order valence-electron chi connectivity index (χ3n) is 4.76. The Kier molecular flexibility index (Phi) is 4.86. The number of benzene rings is 1. The lowest BCUT2D eigenvalue weighted by molar-refractivity contribution is 0.0636. The number of hydrogen-bond donors (Lipinski definition) is 2. The van der Waals surface area contributed by atoms with Gasteiger partial charge in [0.05, 0.1) is 0 Å². The Morgan fingerprint density at radius 1 is 1.08 bits per heavy atom. The highest BCUT2D eigenvalue weighted by atomic mass is 16.6. The van der Waals surface area contributed by atoms with E-state index in [0.717, 1.165) is 17.5 Å². The van der Waals surface area contributed by atoms with Crippen LogP contribution in [-0.4, -0.2) is 17.7 Å². The van der Waals surface area contributed by atoms with Gasteiger partial charge in [0.2, 0.25) is 0 Å². The molecule has 2 aliphatic carbocycles. The maximum Gasteiger partial charge on any atom is 0.412 e. The molecule has 3 rings (SSSR count). The van der Waals surface area contributed by atoms with Gasteiger partial charge in [0.25, 0.3) is 0 Å². The van der Waals surface area contributed by atoms with Gasteiger partial charge in [-0.15, -0.1) is 0 Å². The highest BCUT2D eigenvalue weighted by Crippen LogP contribution is 2.45. The zero-order chi connectivity index (χ0) is 17.3. The molecule has 1 aromatic carbocycles. The Morgan fingerprint density at radius 3 is 2.08 bits per heavy atom. The van der Waals surface area contributed by atoms with Gasteiger partial charge in [-0.2, -0.15) is 0 Å². The molecule has 0 saturated heterocycles. The van der Waals surface area contributed by atoms with Crippen molar-refractivity contribution in [3.8, 4) is 0 Å².